The Balaban J connectivity index is 2.05. The second-order valence-corrected chi connectivity index (χ2v) is 4.81. The second-order valence-electron chi connectivity index (χ2n) is 4.81. The largest absolute Gasteiger partial charge is 0.469 e. The number of hydrogen-bond donors (Lipinski definition) is 1. The topological polar surface area (TPSA) is 55.6 Å². The van der Waals surface area contributed by atoms with Gasteiger partial charge < -0.3 is 10.5 Å². The Morgan fingerprint density at radius 2 is 2.17 bits per heavy atom. The molecule has 4 nitrogen and oxygen atoms in total. The predicted molar refractivity (Wildman–Crippen MR) is 70.0 cm³/mol. The molecular formula is C14H20N2O2. The lowest BCUT2D eigenvalue weighted by Gasteiger charge is -2.17. The molecule has 1 atom stereocenters. The summed E-state index contributed by atoms with van der Waals surface area (Å²) < 4.78 is 4.72. The van der Waals surface area contributed by atoms with Crippen molar-refractivity contribution in [1.29, 1.82) is 0 Å². The van der Waals surface area contributed by atoms with Gasteiger partial charge in [0, 0.05) is 25.7 Å². The number of benzene rings is 1. The molecular weight excluding hydrogens is 228 g/mol. The average molecular weight is 248 g/mol. The van der Waals surface area contributed by atoms with Crippen molar-refractivity contribution in [2.45, 2.75) is 25.4 Å². The summed E-state index contributed by atoms with van der Waals surface area (Å²) >= 11 is 0. The zero-order valence-corrected chi connectivity index (χ0v) is 10.8. The quantitative estimate of drug-likeness (QED) is 0.806. The SMILES string of the molecule is COC(=O)Cc1ccccc1CN1CC[C@@H](N)C1. The van der Waals surface area contributed by atoms with Crippen LogP contribution in [0.3, 0.4) is 0 Å². The first kappa shape index (κ1) is 13.1. The molecule has 0 saturated carbocycles. The minimum absolute atomic E-state index is 0.194. The van der Waals surface area contributed by atoms with E-state index >= 15 is 0 Å². The number of carbonyl (C=O) groups excluding carboxylic acids is 1. The molecule has 98 valence electrons. The molecule has 1 heterocycles. The summed E-state index contributed by atoms with van der Waals surface area (Å²) in [5.41, 5.74) is 8.14. The van der Waals surface area contributed by atoms with E-state index in [2.05, 4.69) is 11.0 Å². The average Bonchev–Trinajstić information content (AvgIpc) is 2.77. The monoisotopic (exact) mass is 248 g/mol. The van der Waals surface area contributed by atoms with Crippen molar-refractivity contribution in [1.82, 2.24) is 4.90 Å². The Kier molecular flexibility index (Phi) is 4.33. The zero-order chi connectivity index (χ0) is 13.0. The van der Waals surface area contributed by atoms with Crippen LogP contribution in [0.2, 0.25) is 0 Å². The third-order valence-corrected chi connectivity index (χ3v) is 3.38. The summed E-state index contributed by atoms with van der Waals surface area (Å²) in [4.78, 5) is 13.7. The fraction of sp³-hybridized carbons (Fsp3) is 0.500. The summed E-state index contributed by atoms with van der Waals surface area (Å²) in [5, 5.41) is 0. The summed E-state index contributed by atoms with van der Waals surface area (Å²) in [5.74, 6) is -0.194. The van der Waals surface area contributed by atoms with E-state index in [0.29, 0.717) is 6.42 Å². The fourth-order valence-electron chi connectivity index (χ4n) is 2.36. The number of nitrogens with zero attached hydrogens (tertiary/aromatic N) is 1. The van der Waals surface area contributed by atoms with Crippen molar-refractivity contribution in [3.8, 4) is 0 Å². The third kappa shape index (κ3) is 3.31. The molecule has 1 aromatic rings. The summed E-state index contributed by atoms with van der Waals surface area (Å²) in [7, 11) is 1.42. The third-order valence-electron chi connectivity index (χ3n) is 3.38. The van der Waals surface area contributed by atoms with Crippen LogP contribution >= 0.6 is 0 Å². The van der Waals surface area contributed by atoms with E-state index in [4.69, 9.17) is 10.5 Å². The minimum Gasteiger partial charge on any atom is -0.469 e. The van der Waals surface area contributed by atoms with Crippen LogP contribution in [0.25, 0.3) is 0 Å². The van der Waals surface area contributed by atoms with Gasteiger partial charge in [0.05, 0.1) is 13.5 Å². The van der Waals surface area contributed by atoms with E-state index in [1.807, 2.05) is 18.2 Å². The number of esters is 1. The number of methoxy groups -OCH3 is 1. The fourth-order valence-corrected chi connectivity index (χ4v) is 2.36. The van der Waals surface area contributed by atoms with Crippen LogP contribution in [0.5, 0.6) is 0 Å². The first-order chi connectivity index (χ1) is 8.69. The Labute approximate surface area is 108 Å². The number of ether oxygens (including phenoxy) is 1. The number of nitrogens with two attached hydrogens (primary N) is 1. The highest BCUT2D eigenvalue weighted by Gasteiger charge is 2.20. The second kappa shape index (κ2) is 5.98. The summed E-state index contributed by atoms with van der Waals surface area (Å²) in [6.45, 7) is 2.83. The van der Waals surface area contributed by atoms with Crippen molar-refractivity contribution in [3.05, 3.63) is 35.4 Å². The summed E-state index contributed by atoms with van der Waals surface area (Å²) in [6, 6.07) is 8.31. The van der Waals surface area contributed by atoms with Gasteiger partial charge in [-0.15, -0.1) is 0 Å². The minimum atomic E-state index is -0.194. The Morgan fingerprint density at radius 1 is 1.44 bits per heavy atom. The number of rotatable bonds is 4. The van der Waals surface area contributed by atoms with Gasteiger partial charge in [0.1, 0.15) is 0 Å². The van der Waals surface area contributed by atoms with Gasteiger partial charge in [0.25, 0.3) is 0 Å². The Hall–Kier alpha value is -1.39. The molecule has 0 aliphatic carbocycles. The normalized spacial score (nSPS) is 20.0. The Bertz CT molecular complexity index is 420. The lowest BCUT2D eigenvalue weighted by atomic mass is 10.0. The van der Waals surface area contributed by atoms with E-state index in [-0.39, 0.29) is 12.0 Å². The van der Waals surface area contributed by atoms with Crippen molar-refractivity contribution in [2.24, 2.45) is 5.73 Å². The van der Waals surface area contributed by atoms with Crippen molar-refractivity contribution >= 4 is 5.97 Å². The first-order valence-electron chi connectivity index (χ1n) is 6.30. The molecule has 1 aliphatic heterocycles. The molecule has 0 spiro atoms. The van der Waals surface area contributed by atoms with Gasteiger partial charge in [-0.05, 0) is 17.5 Å². The lowest BCUT2D eigenvalue weighted by Crippen LogP contribution is -2.26. The van der Waals surface area contributed by atoms with Crippen LogP contribution in [-0.2, 0) is 22.5 Å². The van der Waals surface area contributed by atoms with Crippen molar-refractivity contribution in [2.75, 3.05) is 20.2 Å². The molecule has 1 aliphatic rings. The Morgan fingerprint density at radius 3 is 2.78 bits per heavy atom. The van der Waals surface area contributed by atoms with Crippen LogP contribution in [-0.4, -0.2) is 37.1 Å². The first-order valence-corrected chi connectivity index (χ1v) is 6.30. The molecule has 0 bridgehead atoms. The lowest BCUT2D eigenvalue weighted by molar-refractivity contribution is -0.139. The number of likely N-dealkylation sites (tertiary alicyclic amines) is 1. The van der Waals surface area contributed by atoms with Crippen molar-refractivity contribution in [3.63, 3.8) is 0 Å². The van der Waals surface area contributed by atoms with E-state index in [9.17, 15) is 4.79 Å². The highest BCUT2D eigenvalue weighted by Crippen LogP contribution is 2.16. The van der Waals surface area contributed by atoms with Crippen LogP contribution in [0.1, 0.15) is 17.5 Å². The van der Waals surface area contributed by atoms with Gasteiger partial charge in [-0.1, -0.05) is 24.3 Å². The van der Waals surface area contributed by atoms with Crippen LogP contribution in [0.4, 0.5) is 0 Å². The molecule has 2 rings (SSSR count). The zero-order valence-electron chi connectivity index (χ0n) is 10.8. The van der Waals surface area contributed by atoms with Gasteiger partial charge >= 0.3 is 5.97 Å². The van der Waals surface area contributed by atoms with E-state index in [0.717, 1.165) is 31.6 Å². The van der Waals surface area contributed by atoms with Gasteiger partial charge in [-0.25, -0.2) is 0 Å². The van der Waals surface area contributed by atoms with Crippen LogP contribution in [0.15, 0.2) is 24.3 Å². The molecule has 4 heteroatoms. The van der Waals surface area contributed by atoms with Gasteiger partial charge in [0.15, 0.2) is 0 Å². The van der Waals surface area contributed by atoms with Crippen molar-refractivity contribution < 1.29 is 9.53 Å². The molecule has 0 radical (unpaired) electrons. The van der Waals surface area contributed by atoms with E-state index < -0.39 is 0 Å². The molecule has 0 amide bonds. The highest BCUT2D eigenvalue weighted by atomic mass is 16.5. The maximum Gasteiger partial charge on any atom is 0.309 e. The van der Waals surface area contributed by atoms with E-state index in [1.165, 1.54) is 12.7 Å². The van der Waals surface area contributed by atoms with Crippen LogP contribution < -0.4 is 5.73 Å². The van der Waals surface area contributed by atoms with Gasteiger partial charge in [-0.3, -0.25) is 9.69 Å². The molecule has 18 heavy (non-hydrogen) atoms. The van der Waals surface area contributed by atoms with Crippen LogP contribution in [0, 0.1) is 0 Å². The number of hydrogen-bond acceptors (Lipinski definition) is 4. The predicted octanol–water partition coefficient (Wildman–Crippen LogP) is 0.935. The molecule has 0 unspecified atom stereocenters. The maximum absolute atomic E-state index is 11.4. The molecule has 2 N–H and O–H groups in total. The van der Waals surface area contributed by atoms with E-state index in [1.54, 1.807) is 0 Å². The van der Waals surface area contributed by atoms with Gasteiger partial charge in [-0.2, -0.15) is 0 Å². The molecule has 1 aromatic carbocycles. The highest BCUT2D eigenvalue weighted by molar-refractivity contribution is 5.72. The standard InChI is InChI=1S/C14H20N2O2/c1-18-14(17)8-11-4-2-3-5-12(11)9-16-7-6-13(15)10-16/h2-5,13H,6-10,15H2,1H3/t13-/m1/s1. The number of carbonyl (C=O) groups is 1. The van der Waals surface area contributed by atoms with Gasteiger partial charge in [0.2, 0.25) is 0 Å². The smallest absolute Gasteiger partial charge is 0.309 e. The molecule has 1 saturated heterocycles. The molecule has 1 fully saturated rings. The molecule has 0 aromatic heterocycles. The summed E-state index contributed by atoms with van der Waals surface area (Å²) in [6.07, 6.45) is 1.39. The maximum atomic E-state index is 11.4.